The van der Waals surface area contributed by atoms with Crippen LogP contribution in [-0.4, -0.2) is 57.5 Å². The predicted octanol–water partition coefficient (Wildman–Crippen LogP) is 1.29. The van der Waals surface area contributed by atoms with E-state index in [1.165, 1.54) is 0 Å². The molecule has 2 aliphatic heterocycles. The summed E-state index contributed by atoms with van der Waals surface area (Å²) >= 11 is 0. The van der Waals surface area contributed by atoms with Crippen LogP contribution in [0, 0.1) is 0 Å². The Balaban J connectivity index is 1.50. The molecule has 0 bridgehead atoms. The first kappa shape index (κ1) is 18.3. The van der Waals surface area contributed by atoms with Gasteiger partial charge in [-0.3, -0.25) is 4.79 Å². The van der Waals surface area contributed by atoms with Gasteiger partial charge in [-0.05, 0) is 25.5 Å². The highest BCUT2D eigenvalue weighted by Gasteiger charge is 2.32. The lowest BCUT2D eigenvalue weighted by Crippen LogP contribution is -2.43. The summed E-state index contributed by atoms with van der Waals surface area (Å²) in [7, 11) is 0. The predicted molar refractivity (Wildman–Crippen MR) is 95.8 cm³/mol. The number of carbonyl (C=O) groups excluding carboxylic acids is 2. The van der Waals surface area contributed by atoms with E-state index >= 15 is 0 Å². The molecule has 142 valence electrons. The van der Waals surface area contributed by atoms with E-state index in [1.807, 2.05) is 25.1 Å². The zero-order valence-electron chi connectivity index (χ0n) is 15.0. The van der Waals surface area contributed by atoms with Gasteiger partial charge in [0.15, 0.2) is 11.5 Å². The molecule has 2 heterocycles. The molecule has 0 aliphatic carbocycles. The van der Waals surface area contributed by atoms with Crippen molar-refractivity contribution in [3.63, 3.8) is 0 Å². The highest BCUT2D eigenvalue weighted by atomic mass is 16.6. The van der Waals surface area contributed by atoms with Crippen molar-refractivity contribution >= 4 is 17.6 Å². The number of ether oxygens (including phenoxy) is 3. The topological polar surface area (TPSA) is 89.1 Å². The Hall–Kier alpha value is -2.48. The molecule has 1 atom stereocenters. The lowest BCUT2D eigenvalue weighted by atomic mass is 10.2. The van der Waals surface area contributed by atoms with E-state index in [9.17, 15) is 9.59 Å². The maximum absolute atomic E-state index is 12.3. The van der Waals surface area contributed by atoms with Gasteiger partial charge in [0, 0.05) is 44.5 Å². The average Bonchev–Trinajstić information content (AvgIpc) is 3.01. The molecule has 1 aromatic rings. The van der Waals surface area contributed by atoms with Gasteiger partial charge >= 0.3 is 6.03 Å². The van der Waals surface area contributed by atoms with Crippen LogP contribution in [0.15, 0.2) is 18.2 Å². The Morgan fingerprint density at radius 2 is 2.12 bits per heavy atom. The summed E-state index contributed by atoms with van der Waals surface area (Å²) in [5.41, 5.74) is 0.751. The van der Waals surface area contributed by atoms with Crippen LogP contribution in [0.2, 0.25) is 0 Å². The Bertz CT molecular complexity index is 652. The third-order valence-corrected chi connectivity index (χ3v) is 4.25. The van der Waals surface area contributed by atoms with Crippen molar-refractivity contribution in [3.05, 3.63) is 18.2 Å². The summed E-state index contributed by atoms with van der Waals surface area (Å²) in [5.74, 6) is 1.31. The minimum atomic E-state index is -0.261. The highest BCUT2D eigenvalue weighted by Crippen LogP contribution is 2.35. The molecular formula is C18H25N3O5. The zero-order chi connectivity index (χ0) is 18.4. The smallest absolute Gasteiger partial charge is 0.315 e. The summed E-state index contributed by atoms with van der Waals surface area (Å²) in [6.07, 6.45) is 1.04. The molecule has 26 heavy (non-hydrogen) atoms. The van der Waals surface area contributed by atoms with Crippen LogP contribution >= 0.6 is 0 Å². The normalized spacial score (nSPS) is 18.7. The minimum absolute atomic E-state index is 0.0247. The Labute approximate surface area is 152 Å². The van der Waals surface area contributed by atoms with Crippen LogP contribution in [0.1, 0.15) is 19.8 Å². The number of rotatable bonds is 7. The van der Waals surface area contributed by atoms with Crippen LogP contribution < -0.4 is 25.0 Å². The summed E-state index contributed by atoms with van der Waals surface area (Å²) < 4.78 is 16.3. The molecule has 0 saturated carbocycles. The van der Waals surface area contributed by atoms with Crippen LogP contribution in [0.25, 0.3) is 0 Å². The summed E-state index contributed by atoms with van der Waals surface area (Å²) in [4.78, 5) is 25.9. The molecule has 0 spiro atoms. The number of urea groups is 1. The van der Waals surface area contributed by atoms with E-state index in [1.54, 1.807) is 4.90 Å². The van der Waals surface area contributed by atoms with Crippen LogP contribution in [-0.2, 0) is 9.53 Å². The molecule has 1 unspecified atom stereocenters. The molecule has 0 aromatic heterocycles. The fourth-order valence-corrected chi connectivity index (χ4v) is 3.01. The number of amides is 3. The fraction of sp³-hybridized carbons (Fsp3) is 0.556. The monoisotopic (exact) mass is 363 g/mol. The molecule has 0 radical (unpaired) electrons. The number of nitrogens with zero attached hydrogens (tertiary/aromatic N) is 1. The molecule has 1 aromatic carbocycles. The minimum Gasteiger partial charge on any atom is -0.486 e. The molecule has 3 rings (SSSR count). The number of carbonyl (C=O) groups is 2. The lowest BCUT2D eigenvalue weighted by Gasteiger charge is -2.22. The number of fused-ring (bicyclic) bond motifs is 1. The largest absolute Gasteiger partial charge is 0.486 e. The number of nitrogens with one attached hydrogen (secondary N) is 2. The Morgan fingerprint density at radius 1 is 1.31 bits per heavy atom. The van der Waals surface area contributed by atoms with E-state index in [0.29, 0.717) is 51.0 Å². The zero-order valence-corrected chi connectivity index (χ0v) is 15.0. The molecule has 2 N–H and O–H groups in total. The molecule has 1 fully saturated rings. The maximum atomic E-state index is 12.3. The second-order valence-electron chi connectivity index (χ2n) is 6.18. The number of hydrogen-bond donors (Lipinski definition) is 2. The molecule has 2 aliphatic rings. The van der Waals surface area contributed by atoms with Gasteiger partial charge in [-0.15, -0.1) is 0 Å². The first-order valence-corrected chi connectivity index (χ1v) is 8.99. The van der Waals surface area contributed by atoms with Gasteiger partial charge in [0.25, 0.3) is 0 Å². The number of benzene rings is 1. The third-order valence-electron chi connectivity index (χ3n) is 4.25. The second kappa shape index (κ2) is 8.75. The van der Waals surface area contributed by atoms with E-state index in [2.05, 4.69) is 10.6 Å². The van der Waals surface area contributed by atoms with Crippen LogP contribution in [0.4, 0.5) is 10.5 Å². The Morgan fingerprint density at radius 3 is 2.92 bits per heavy atom. The van der Waals surface area contributed by atoms with Crippen LogP contribution in [0.5, 0.6) is 11.5 Å². The fourth-order valence-electron chi connectivity index (χ4n) is 3.01. The standard InChI is InChI=1S/C18H25N3O5/c1-2-24-7-3-6-19-18(23)20-13-10-17(22)21(12-13)14-4-5-15-16(11-14)26-9-8-25-15/h4-5,11,13H,2-3,6-10,12H2,1H3,(H2,19,20,23). The number of hydrogen-bond acceptors (Lipinski definition) is 5. The molecular weight excluding hydrogens is 338 g/mol. The molecule has 1 saturated heterocycles. The van der Waals surface area contributed by atoms with Gasteiger partial charge < -0.3 is 29.7 Å². The number of anilines is 1. The van der Waals surface area contributed by atoms with Crippen LogP contribution in [0.3, 0.4) is 0 Å². The highest BCUT2D eigenvalue weighted by molar-refractivity contribution is 5.97. The van der Waals surface area contributed by atoms with E-state index in [4.69, 9.17) is 14.2 Å². The van der Waals surface area contributed by atoms with Crippen molar-refractivity contribution in [2.24, 2.45) is 0 Å². The Kier molecular flexibility index (Phi) is 6.17. The summed E-state index contributed by atoms with van der Waals surface area (Å²) in [5, 5.41) is 5.64. The maximum Gasteiger partial charge on any atom is 0.315 e. The molecule has 8 nitrogen and oxygen atoms in total. The van der Waals surface area contributed by atoms with Gasteiger partial charge in [0.1, 0.15) is 13.2 Å². The van der Waals surface area contributed by atoms with E-state index < -0.39 is 0 Å². The van der Waals surface area contributed by atoms with Crippen molar-refractivity contribution in [2.45, 2.75) is 25.8 Å². The van der Waals surface area contributed by atoms with Crippen molar-refractivity contribution in [2.75, 3.05) is 44.4 Å². The van der Waals surface area contributed by atoms with Gasteiger partial charge in [0.2, 0.25) is 5.91 Å². The van der Waals surface area contributed by atoms with Crippen molar-refractivity contribution in [3.8, 4) is 11.5 Å². The van der Waals surface area contributed by atoms with E-state index in [-0.39, 0.29) is 24.4 Å². The average molecular weight is 363 g/mol. The van der Waals surface area contributed by atoms with Gasteiger partial charge in [-0.2, -0.15) is 0 Å². The first-order valence-electron chi connectivity index (χ1n) is 8.99. The van der Waals surface area contributed by atoms with Crippen molar-refractivity contribution in [1.82, 2.24) is 10.6 Å². The van der Waals surface area contributed by atoms with Gasteiger partial charge in [0.05, 0.1) is 6.04 Å². The first-order chi connectivity index (χ1) is 12.7. The van der Waals surface area contributed by atoms with Gasteiger partial charge in [-0.25, -0.2) is 4.79 Å². The van der Waals surface area contributed by atoms with Crippen molar-refractivity contribution in [1.29, 1.82) is 0 Å². The second-order valence-corrected chi connectivity index (χ2v) is 6.18. The summed E-state index contributed by atoms with van der Waals surface area (Å²) in [6.45, 7) is 5.23. The van der Waals surface area contributed by atoms with E-state index in [0.717, 1.165) is 12.1 Å². The molecule has 3 amide bonds. The molecule has 8 heteroatoms. The van der Waals surface area contributed by atoms with Gasteiger partial charge in [-0.1, -0.05) is 0 Å². The lowest BCUT2D eigenvalue weighted by molar-refractivity contribution is -0.117. The SMILES string of the molecule is CCOCCCNC(=O)NC1CC(=O)N(c2ccc3c(c2)OCCO3)C1. The quantitative estimate of drug-likeness (QED) is 0.713. The summed E-state index contributed by atoms with van der Waals surface area (Å²) in [6, 6.07) is 4.97. The van der Waals surface area contributed by atoms with Crippen molar-refractivity contribution < 1.29 is 23.8 Å². The third kappa shape index (κ3) is 4.57.